The Morgan fingerprint density at radius 2 is 2.11 bits per heavy atom. The van der Waals surface area contributed by atoms with Gasteiger partial charge in [0.1, 0.15) is 11.3 Å². The molecule has 0 spiro atoms. The van der Waals surface area contributed by atoms with E-state index < -0.39 is 5.60 Å². The molecule has 18 heavy (non-hydrogen) atoms. The van der Waals surface area contributed by atoms with Gasteiger partial charge in [-0.15, -0.1) is 0 Å². The van der Waals surface area contributed by atoms with Crippen LogP contribution in [0.4, 0.5) is 0 Å². The number of nitrogens with zero attached hydrogens (tertiary/aromatic N) is 3. The molecule has 0 radical (unpaired) electrons. The Hall–Kier alpha value is -1.69. The van der Waals surface area contributed by atoms with Crippen molar-refractivity contribution in [3.8, 4) is 0 Å². The number of carbonyl (C=O) groups is 1. The van der Waals surface area contributed by atoms with Crippen molar-refractivity contribution in [1.82, 2.24) is 14.7 Å². The lowest BCUT2D eigenvalue weighted by molar-refractivity contribution is -0.0960. The zero-order valence-corrected chi connectivity index (χ0v) is 10.2. The normalized spacial score (nSPS) is 21.6. The van der Waals surface area contributed by atoms with E-state index >= 15 is 0 Å². The Balaban J connectivity index is 1.72. The van der Waals surface area contributed by atoms with Crippen LogP contribution in [0.5, 0.6) is 0 Å². The fourth-order valence-corrected chi connectivity index (χ4v) is 2.42. The number of aliphatic hydroxyl groups is 1. The van der Waals surface area contributed by atoms with Gasteiger partial charge in [-0.3, -0.25) is 9.59 Å². The topological polar surface area (TPSA) is 75.4 Å². The van der Waals surface area contributed by atoms with Gasteiger partial charge in [0.25, 0.3) is 11.5 Å². The lowest BCUT2D eigenvalue weighted by Crippen LogP contribution is -2.64. The molecule has 1 N–H and O–H groups in total. The molecule has 6 nitrogen and oxygen atoms in total. The Morgan fingerprint density at radius 1 is 1.44 bits per heavy atom. The van der Waals surface area contributed by atoms with Gasteiger partial charge >= 0.3 is 0 Å². The third kappa shape index (κ3) is 1.73. The summed E-state index contributed by atoms with van der Waals surface area (Å²) >= 11 is 0. The van der Waals surface area contributed by atoms with Crippen LogP contribution in [-0.4, -0.2) is 44.4 Å². The summed E-state index contributed by atoms with van der Waals surface area (Å²) < 4.78 is 1.14. The van der Waals surface area contributed by atoms with E-state index in [-0.39, 0.29) is 17.2 Å². The third-order valence-corrected chi connectivity index (χ3v) is 3.73. The molecule has 6 heteroatoms. The van der Waals surface area contributed by atoms with E-state index in [4.69, 9.17) is 0 Å². The number of hydrogen-bond donors (Lipinski definition) is 1. The number of rotatable bonds is 2. The number of amides is 1. The first-order chi connectivity index (χ1) is 8.49. The third-order valence-electron chi connectivity index (χ3n) is 3.73. The largest absolute Gasteiger partial charge is 0.386 e. The van der Waals surface area contributed by atoms with Crippen LogP contribution in [0.3, 0.4) is 0 Å². The molecular weight excluding hydrogens is 234 g/mol. The van der Waals surface area contributed by atoms with Gasteiger partial charge in [-0.05, 0) is 24.8 Å². The molecule has 2 aliphatic rings. The minimum Gasteiger partial charge on any atom is -0.386 e. The highest BCUT2D eigenvalue weighted by molar-refractivity contribution is 5.92. The maximum atomic E-state index is 12.1. The van der Waals surface area contributed by atoms with Crippen molar-refractivity contribution in [2.45, 2.75) is 18.4 Å². The van der Waals surface area contributed by atoms with Crippen LogP contribution in [-0.2, 0) is 7.05 Å². The Morgan fingerprint density at radius 3 is 2.67 bits per heavy atom. The van der Waals surface area contributed by atoms with Gasteiger partial charge in [0.2, 0.25) is 0 Å². The van der Waals surface area contributed by atoms with E-state index in [1.54, 1.807) is 4.90 Å². The molecule has 1 saturated carbocycles. The van der Waals surface area contributed by atoms with E-state index in [1.165, 1.54) is 19.2 Å². The summed E-state index contributed by atoms with van der Waals surface area (Å²) in [5.74, 6) is 0.130. The molecule has 2 fully saturated rings. The van der Waals surface area contributed by atoms with Crippen molar-refractivity contribution < 1.29 is 9.90 Å². The first-order valence-electron chi connectivity index (χ1n) is 6.06. The molecule has 1 amide bonds. The van der Waals surface area contributed by atoms with Crippen LogP contribution in [0.1, 0.15) is 23.3 Å². The fourth-order valence-electron chi connectivity index (χ4n) is 2.42. The van der Waals surface area contributed by atoms with Crippen LogP contribution in [0.25, 0.3) is 0 Å². The van der Waals surface area contributed by atoms with Crippen molar-refractivity contribution in [2.75, 3.05) is 13.1 Å². The monoisotopic (exact) mass is 249 g/mol. The van der Waals surface area contributed by atoms with Gasteiger partial charge in [0.05, 0.1) is 13.1 Å². The maximum absolute atomic E-state index is 12.1. The Labute approximate surface area is 104 Å². The van der Waals surface area contributed by atoms with Crippen LogP contribution in [0.15, 0.2) is 16.9 Å². The van der Waals surface area contributed by atoms with Crippen molar-refractivity contribution >= 4 is 5.91 Å². The summed E-state index contributed by atoms with van der Waals surface area (Å²) in [6.45, 7) is 0.752. The minimum absolute atomic E-state index is 0.226. The molecule has 0 bridgehead atoms. The predicted octanol–water partition coefficient (Wildman–Crippen LogP) is -0.623. The first-order valence-corrected chi connectivity index (χ1v) is 6.06. The second kappa shape index (κ2) is 3.65. The van der Waals surface area contributed by atoms with Gasteiger partial charge in [0, 0.05) is 13.1 Å². The molecule has 1 saturated heterocycles. The van der Waals surface area contributed by atoms with Gasteiger partial charge in [-0.2, -0.15) is 5.10 Å². The standard InChI is InChI=1S/C12H15N3O3/c1-14-10(16)5-4-9(13-14)11(17)15-6-12(18,7-15)8-2-3-8/h4-5,8,18H,2-3,6-7H2,1H3. The first kappa shape index (κ1) is 11.4. The molecule has 0 atom stereocenters. The lowest BCUT2D eigenvalue weighted by atomic mass is 9.88. The maximum Gasteiger partial charge on any atom is 0.274 e. The number of aromatic nitrogens is 2. The molecule has 0 unspecified atom stereocenters. The lowest BCUT2D eigenvalue weighted by Gasteiger charge is -2.46. The number of carbonyl (C=O) groups excluding carboxylic acids is 1. The predicted molar refractivity (Wildman–Crippen MR) is 63.1 cm³/mol. The average Bonchev–Trinajstić information content (AvgIpc) is 3.12. The molecule has 0 aromatic carbocycles. The zero-order valence-electron chi connectivity index (χ0n) is 10.2. The summed E-state index contributed by atoms with van der Waals surface area (Å²) in [7, 11) is 1.51. The molecule has 3 rings (SSSR count). The van der Waals surface area contributed by atoms with Crippen molar-refractivity contribution in [3.05, 3.63) is 28.2 Å². The zero-order chi connectivity index (χ0) is 12.9. The van der Waals surface area contributed by atoms with Crippen LogP contribution in [0, 0.1) is 5.92 Å². The molecule has 1 aliphatic carbocycles. The molecule has 2 heterocycles. The van der Waals surface area contributed by atoms with Crippen LogP contribution < -0.4 is 5.56 Å². The van der Waals surface area contributed by atoms with E-state index in [1.807, 2.05) is 0 Å². The van der Waals surface area contributed by atoms with E-state index in [9.17, 15) is 14.7 Å². The summed E-state index contributed by atoms with van der Waals surface area (Å²) in [6.07, 6.45) is 2.10. The SMILES string of the molecule is Cn1nc(C(=O)N2CC(O)(C3CC3)C2)ccc1=O. The Kier molecular flexibility index (Phi) is 2.31. The highest BCUT2D eigenvalue weighted by Crippen LogP contribution is 2.44. The number of aryl methyl sites for hydroxylation is 1. The smallest absolute Gasteiger partial charge is 0.274 e. The molecule has 1 aromatic rings. The Bertz CT molecular complexity index is 556. The molecule has 1 aliphatic heterocycles. The second-order valence-electron chi connectivity index (χ2n) is 5.22. The van der Waals surface area contributed by atoms with Crippen molar-refractivity contribution in [3.63, 3.8) is 0 Å². The van der Waals surface area contributed by atoms with Crippen LogP contribution >= 0.6 is 0 Å². The summed E-state index contributed by atoms with van der Waals surface area (Å²) in [5, 5.41) is 14.1. The second-order valence-corrected chi connectivity index (χ2v) is 5.22. The van der Waals surface area contributed by atoms with Gasteiger partial charge in [-0.25, -0.2) is 4.68 Å². The summed E-state index contributed by atoms with van der Waals surface area (Å²) in [4.78, 5) is 24.8. The number of β-amino-alcohol motifs (C(OH)–C–C–N with tert-alkyl or cyclic N) is 1. The molecular formula is C12H15N3O3. The summed E-state index contributed by atoms with van der Waals surface area (Å²) in [5.41, 5.74) is -0.685. The number of hydrogen-bond acceptors (Lipinski definition) is 4. The van der Waals surface area contributed by atoms with Crippen molar-refractivity contribution in [2.24, 2.45) is 13.0 Å². The van der Waals surface area contributed by atoms with E-state index in [0.29, 0.717) is 19.0 Å². The minimum atomic E-state index is -0.684. The van der Waals surface area contributed by atoms with E-state index in [2.05, 4.69) is 5.10 Å². The molecule has 96 valence electrons. The quantitative estimate of drug-likeness (QED) is 0.757. The highest BCUT2D eigenvalue weighted by atomic mass is 16.3. The van der Waals surface area contributed by atoms with Crippen LogP contribution in [0.2, 0.25) is 0 Å². The van der Waals surface area contributed by atoms with Gasteiger partial charge in [0.15, 0.2) is 0 Å². The van der Waals surface area contributed by atoms with E-state index in [0.717, 1.165) is 17.5 Å². The average molecular weight is 249 g/mol. The van der Waals surface area contributed by atoms with Crippen molar-refractivity contribution in [1.29, 1.82) is 0 Å². The fraction of sp³-hybridized carbons (Fsp3) is 0.583. The summed E-state index contributed by atoms with van der Waals surface area (Å²) in [6, 6.07) is 2.76. The number of likely N-dealkylation sites (tertiary alicyclic amines) is 1. The van der Waals surface area contributed by atoms with Gasteiger partial charge in [-0.1, -0.05) is 0 Å². The molecule has 1 aromatic heterocycles. The highest BCUT2D eigenvalue weighted by Gasteiger charge is 2.53. The van der Waals surface area contributed by atoms with Gasteiger partial charge < -0.3 is 10.0 Å².